The van der Waals surface area contributed by atoms with Gasteiger partial charge in [-0.25, -0.2) is 0 Å². The van der Waals surface area contributed by atoms with E-state index >= 15 is 0 Å². The molecule has 1 amide bonds. The first-order valence-electron chi connectivity index (χ1n) is 6.09. The molecular formula is C13H13N3O3. The maximum Gasteiger partial charge on any atom is 0.282 e. The van der Waals surface area contributed by atoms with Crippen molar-refractivity contribution in [3.63, 3.8) is 0 Å². The van der Waals surface area contributed by atoms with Gasteiger partial charge in [0.25, 0.3) is 11.6 Å². The predicted octanol–water partition coefficient (Wildman–Crippen LogP) is 2.11. The lowest BCUT2D eigenvalue weighted by atomic mass is 10.0. The molecule has 0 saturated carbocycles. The van der Waals surface area contributed by atoms with Gasteiger partial charge >= 0.3 is 0 Å². The minimum absolute atomic E-state index is 0.0506. The number of rotatable bonds is 2. The van der Waals surface area contributed by atoms with Gasteiger partial charge in [0.2, 0.25) is 0 Å². The third kappa shape index (κ3) is 2.55. The molecule has 1 heterocycles. The predicted molar refractivity (Wildman–Crippen MR) is 67.4 cm³/mol. The van der Waals surface area contributed by atoms with Crippen LogP contribution in [0.2, 0.25) is 0 Å². The highest BCUT2D eigenvalue weighted by Gasteiger charge is 2.30. The van der Waals surface area contributed by atoms with Crippen LogP contribution in [-0.4, -0.2) is 28.3 Å². The summed E-state index contributed by atoms with van der Waals surface area (Å²) in [6.07, 6.45) is 2.35. The molecule has 0 radical (unpaired) electrons. The van der Waals surface area contributed by atoms with E-state index in [0.29, 0.717) is 13.0 Å². The van der Waals surface area contributed by atoms with Crippen molar-refractivity contribution in [3.8, 4) is 6.07 Å². The minimum atomic E-state index is -0.571. The normalized spacial score (nSPS) is 18.7. The third-order valence-electron chi connectivity index (χ3n) is 3.24. The zero-order valence-electron chi connectivity index (χ0n) is 10.3. The second kappa shape index (κ2) is 5.48. The first-order chi connectivity index (χ1) is 9.15. The van der Waals surface area contributed by atoms with Gasteiger partial charge in [0.15, 0.2) is 0 Å². The smallest absolute Gasteiger partial charge is 0.282 e. The topological polar surface area (TPSA) is 87.2 Å². The van der Waals surface area contributed by atoms with E-state index < -0.39 is 16.9 Å². The molecule has 0 aromatic heterocycles. The van der Waals surface area contributed by atoms with E-state index in [9.17, 15) is 14.9 Å². The quantitative estimate of drug-likeness (QED) is 0.601. The highest BCUT2D eigenvalue weighted by Crippen LogP contribution is 2.24. The zero-order chi connectivity index (χ0) is 13.8. The van der Waals surface area contributed by atoms with Crippen molar-refractivity contribution in [1.29, 1.82) is 5.26 Å². The summed E-state index contributed by atoms with van der Waals surface area (Å²) in [7, 11) is 0. The summed E-state index contributed by atoms with van der Waals surface area (Å²) in [5.41, 5.74) is -0.163. The Kier molecular flexibility index (Phi) is 3.76. The Morgan fingerprint density at radius 3 is 2.84 bits per heavy atom. The fourth-order valence-corrected chi connectivity index (χ4v) is 2.28. The van der Waals surface area contributed by atoms with Gasteiger partial charge in [0.05, 0.1) is 11.0 Å². The van der Waals surface area contributed by atoms with Crippen molar-refractivity contribution in [2.24, 2.45) is 0 Å². The van der Waals surface area contributed by atoms with Gasteiger partial charge < -0.3 is 4.90 Å². The lowest BCUT2D eigenvalue weighted by molar-refractivity contribution is -0.385. The van der Waals surface area contributed by atoms with Gasteiger partial charge in [0, 0.05) is 12.6 Å². The Morgan fingerprint density at radius 2 is 2.16 bits per heavy atom. The fraction of sp³-hybridized carbons (Fsp3) is 0.385. The average molecular weight is 259 g/mol. The molecule has 1 atom stereocenters. The molecule has 0 spiro atoms. The molecule has 6 nitrogen and oxygen atoms in total. The number of likely N-dealkylation sites (tertiary alicyclic amines) is 1. The van der Waals surface area contributed by atoms with E-state index in [0.717, 1.165) is 12.8 Å². The first-order valence-corrected chi connectivity index (χ1v) is 6.09. The molecular weight excluding hydrogens is 246 g/mol. The summed E-state index contributed by atoms with van der Waals surface area (Å²) < 4.78 is 0. The van der Waals surface area contributed by atoms with Gasteiger partial charge in [-0.3, -0.25) is 14.9 Å². The SMILES string of the molecule is N#CC1CCCCN1C(=O)c1ccccc1[N+](=O)[O-]. The van der Waals surface area contributed by atoms with Crippen LogP contribution in [0, 0.1) is 21.4 Å². The number of amides is 1. The first kappa shape index (κ1) is 13.0. The Balaban J connectivity index is 2.34. The molecule has 19 heavy (non-hydrogen) atoms. The number of nitrogens with zero attached hydrogens (tertiary/aromatic N) is 3. The fourth-order valence-electron chi connectivity index (χ4n) is 2.28. The molecule has 1 aromatic carbocycles. The standard InChI is InChI=1S/C13H13N3O3/c14-9-10-5-3-4-8-15(10)13(17)11-6-1-2-7-12(11)16(18)19/h1-2,6-7,10H,3-5,8H2. The average Bonchev–Trinajstić information content (AvgIpc) is 2.46. The van der Waals surface area contributed by atoms with Crippen LogP contribution < -0.4 is 0 Å². The van der Waals surface area contributed by atoms with Crippen LogP contribution in [0.1, 0.15) is 29.6 Å². The number of hydrogen-bond donors (Lipinski definition) is 0. The number of carbonyl (C=O) groups is 1. The largest absolute Gasteiger partial charge is 0.322 e. The second-order valence-electron chi connectivity index (χ2n) is 4.41. The number of nitriles is 1. The molecule has 1 saturated heterocycles. The molecule has 1 aliphatic heterocycles. The molecule has 1 unspecified atom stereocenters. The Morgan fingerprint density at radius 1 is 1.42 bits per heavy atom. The van der Waals surface area contributed by atoms with E-state index in [4.69, 9.17) is 5.26 Å². The Labute approximate surface area is 110 Å². The van der Waals surface area contributed by atoms with E-state index in [1.807, 2.05) is 0 Å². The maximum atomic E-state index is 12.4. The van der Waals surface area contributed by atoms with Crippen molar-refractivity contribution >= 4 is 11.6 Å². The van der Waals surface area contributed by atoms with Crippen molar-refractivity contribution in [2.45, 2.75) is 25.3 Å². The maximum absolute atomic E-state index is 12.4. The monoisotopic (exact) mass is 259 g/mol. The number of nitro benzene ring substituents is 1. The van der Waals surface area contributed by atoms with Crippen LogP contribution in [0.5, 0.6) is 0 Å². The number of nitro groups is 1. The zero-order valence-corrected chi connectivity index (χ0v) is 10.3. The molecule has 1 aromatic rings. The summed E-state index contributed by atoms with van der Waals surface area (Å²) in [5, 5.41) is 20.0. The number of piperidine rings is 1. The van der Waals surface area contributed by atoms with Gasteiger partial charge in [-0.2, -0.15) is 5.26 Å². The van der Waals surface area contributed by atoms with Crippen LogP contribution >= 0.6 is 0 Å². The van der Waals surface area contributed by atoms with Gasteiger partial charge in [-0.15, -0.1) is 0 Å². The third-order valence-corrected chi connectivity index (χ3v) is 3.24. The highest BCUT2D eigenvalue weighted by atomic mass is 16.6. The van der Waals surface area contributed by atoms with Crippen LogP contribution in [0.25, 0.3) is 0 Å². The summed E-state index contributed by atoms with van der Waals surface area (Å²) in [6.45, 7) is 0.475. The van der Waals surface area contributed by atoms with Crippen molar-refractivity contribution in [3.05, 3.63) is 39.9 Å². The Hall–Kier alpha value is -2.42. The summed E-state index contributed by atoms with van der Waals surface area (Å²) in [6, 6.07) is 7.45. The molecule has 2 rings (SSSR count). The van der Waals surface area contributed by atoms with E-state index in [1.165, 1.54) is 23.1 Å². The molecule has 6 heteroatoms. The summed E-state index contributed by atoms with van der Waals surface area (Å²) in [5.74, 6) is -0.432. The van der Waals surface area contributed by atoms with Crippen LogP contribution in [0.15, 0.2) is 24.3 Å². The van der Waals surface area contributed by atoms with Gasteiger partial charge in [-0.1, -0.05) is 12.1 Å². The van der Waals surface area contributed by atoms with Crippen LogP contribution in [0.3, 0.4) is 0 Å². The summed E-state index contributed by atoms with van der Waals surface area (Å²) >= 11 is 0. The van der Waals surface area contributed by atoms with Crippen molar-refractivity contribution in [1.82, 2.24) is 4.90 Å². The Bertz CT molecular complexity index is 550. The van der Waals surface area contributed by atoms with Crippen molar-refractivity contribution in [2.75, 3.05) is 6.54 Å². The van der Waals surface area contributed by atoms with E-state index in [-0.39, 0.29) is 11.3 Å². The van der Waals surface area contributed by atoms with Crippen LogP contribution in [0.4, 0.5) is 5.69 Å². The van der Waals surface area contributed by atoms with E-state index in [2.05, 4.69) is 6.07 Å². The lowest BCUT2D eigenvalue weighted by Gasteiger charge is -2.31. The number of carbonyl (C=O) groups excluding carboxylic acids is 1. The summed E-state index contributed by atoms with van der Waals surface area (Å²) in [4.78, 5) is 24.2. The minimum Gasteiger partial charge on any atom is -0.322 e. The van der Waals surface area contributed by atoms with E-state index in [1.54, 1.807) is 6.07 Å². The molecule has 0 aliphatic carbocycles. The second-order valence-corrected chi connectivity index (χ2v) is 4.41. The number of para-hydroxylation sites is 1. The molecule has 0 N–H and O–H groups in total. The molecule has 1 fully saturated rings. The lowest BCUT2D eigenvalue weighted by Crippen LogP contribution is -2.43. The molecule has 0 bridgehead atoms. The van der Waals surface area contributed by atoms with Gasteiger partial charge in [0.1, 0.15) is 11.6 Å². The highest BCUT2D eigenvalue weighted by molar-refractivity contribution is 5.98. The van der Waals surface area contributed by atoms with Crippen molar-refractivity contribution < 1.29 is 9.72 Å². The van der Waals surface area contributed by atoms with Gasteiger partial charge in [-0.05, 0) is 25.3 Å². The number of hydrogen-bond acceptors (Lipinski definition) is 4. The van der Waals surface area contributed by atoms with Crippen LogP contribution in [-0.2, 0) is 0 Å². The number of benzene rings is 1. The molecule has 1 aliphatic rings. The molecule has 98 valence electrons.